The normalized spacial score (nSPS) is 10.5. The van der Waals surface area contributed by atoms with Gasteiger partial charge in [0.2, 0.25) is 0 Å². The first-order valence-electron chi connectivity index (χ1n) is 11.8. The van der Waals surface area contributed by atoms with Gasteiger partial charge in [0.1, 0.15) is 6.61 Å². The second kappa shape index (κ2) is 12.3. The summed E-state index contributed by atoms with van der Waals surface area (Å²) >= 11 is 0. The number of carbonyl (C=O) groups is 1. The molecule has 4 aromatic rings. The van der Waals surface area contributed by atoms with Crippen LogP contribution < -0.4 is 9.47 Å². The van der Waals surface area contributed by atoms with Gasteiger partial charge in [0.25, 0.3) is 11.6 Å². The van der Waals surface area contributed by atoms with Crippen LogP contribution in [0, 0.1) is 10.1 Å². The topological polar surface area (TPSA) is 94.8 Å². The number of aromatic nitrogens is 1. The fourth-order valence-electron chi connectivity index (χ4n) is 3.84. The van der Waals surface area contributed by atoms with Gasteiger partial charge in [-0.15, -0.1) is 0 Å². The molecule has 188 valence electrons. The Bertz CT molecular complexity index is 1330. The number of rotatable bonds is 11. The standard InChI is InChI=1S/C29H27N3O5/c1-36-28-19-23(10-15-27(28)37-21-22-7-3-2-4-8-22)20-31(18-16-25-9-5-6-17-30-25)29(33)24-11-13-26(14-12-24)32(34)35/h2-15,17,19H,16,18,20-21H2,1H3. The van der Waals surface area contributed by atoms with Crippen LogP contribution >= 0.6 is 0 Å². The molecule has 1 aromatic heterocycles. The van der Waals surface area contributed by atoms with E-state index in [1.54, 1.807) is 18.2 Å². The van der Waals surface area contributed by atoms with E-state index in [4.69, 9.17) is 9.47 Å². The second-order valence-corrected chi connectivity index (χ2v) is 8.36. The average Bonchev–Trinajstić information content (AvgIpc) is 2.95. The lowest BCUT2D eigenvalue weighted by Crippen LogP contribution is -2.32. The summed E-state index contributed by atoms with van der Waals surface area (Å²) in [6.07, 6.45) is 2.28. The third kappa shape index (κ3) is 6.91. The number of hydrogen-bond acceptors (Lipinski definition) is 6. The van der Waals surface area contributed by atoms with Gasteiger partial charge < -0.3 is 14.4 Å². The Morgan fingerprint density at radius 3 is 2.35 bits per heavy atom. The molecule has 8 nitrogen and oxygen atoms in total. The Balaban J connectivity index is 1.52. The summed E-state index contributed by atoms with van der Waals surface area (Å²) < 4.78 is 11.5. The van der Waals surface area contributed by atoms with Gasteiger partial charge in [0, 0.05) is 49.1 Å². The van der Waals surface area contributed by atoms with Crippen molar-refractivity contribution in [2.75, 3.05) is 13.7 Å². The number of pyridine rings is 1. The molecule has 3 aromatic carbocycles. The number of hydrogen-bond donors (Lipinski definition) is 0. The van der Waals surface area contributed by atoms with Gasteiger partial charge in [-0.3, -0.25) is 19.9 Å². The summed E-state index contributed by atoms with van der Waals surface area (Å²) in [5, 5.41) is 11.0. The van der Waals surface area contributed by atoms with Crippen LogP contribution in [-0.4, -0.2) is 34.4 Å². The van der Waals surface area contributed by atoms with Gasteiger partial charge in [0.15, 0.2) is 11.5 Å². The number of nitrogens with zero attached hydrogens (tertiary/aromatic N) is 3. The summed E-state index contributed by atoms with van der Waals surface area (Å²) in [5.74, 6) is 0.951. The lowest BCUT2D eigenvalue weighted by molar-refractivity contribution is -0.384. The van der Waals surface area contributed by atoms with Crippen LogP contribution in [-0.2, 0) is 19.6 Å². The molecule has 0 radical (unpaired) electrons. The number of non-ortho nitro benzene ring substituents is 1. The molecular weight excluding hydrogens is 470 g/mol. The molecule has 0 spiro atoms. The maximum atomic E-state index is 13.4. The van der Waals surface area contributed by atoms with E-state index in [1.807, 2.05) is 66.7 Å². The minimum Gasteiger partial charge on any atom is -0.493 e. The molecule has 0 saturated carbocycles. The number of benzene rings is 3. The van der Waals surface area contributed by atoms with Crippen molar-refractivity contribution in [2.24, 2.45) is 0 Å². The molecule has 1 amide bonds. The first-order valence-corrected chi connectivity index (χ1v) is 11.8. The summed E-state index contributed by atoms with van der Waals surface area (Å²) in [7, 11) is 1.58. The van der Waals surface area contributed by atoms with E-state index in [0.29, 0.717) is 43.2 Å². The first-order chi connectivity index (χ1) is 18.0. The summed E-state index contributed by atoms with van der Waals surface area (Å²) in [5.41, 5.74) is 3.09. The van der Waals surface area contributed by atoms with Crippen molar-refractivity contribution in [3.05, 3.63) is 130 Å². The van der Waals surface area contributed by atoms with Crippen LogP contribution in [0.1, 0.15) is 27.2 Å². The Labute approximate surface area is 215 Å². The van der Waals surface area contributed by atoms with Crippen molar-refractivity contribution in [1.82, 2.24) is 9.88 Å². The highest BCUT2D eigenvalue weighted by Crippen LogP contribution is 2.29. The van der Waals surface area contributed by atoms with Crippen molar-refractivity contribution in [3.63, 3.8) is 0 Å². The lowest BCUT2D eigenvalue weighted by atomic mass is 10.1. The maximum Gasteiger partial charge on any atom is 0.269 e. The van der Waals surface area contributed by atoms with Gasteiger partial charge in [-0.1, -0.05) is 42.5 Å². The number of nitro groups is 1. The third-order valence-electron chi connectivity index (χ3n) is 5.81. The van der Waals surface area contributed by atoms with Crippen molar-refractivity contribution in [1.29, 1.82) is 0 Å². The van der Waals surface area contributed by atoms with Crippen LogP contribution in [0.2, 0.25) is 0 Å². The van der Waals surface area contributed by atoms with Crippen LogP contribution in [0.5, 0.6) is 11.5 Å². The molecule has 8 heteroatoms. The molecule has 0 atom stereocenters. The number of nitro benzene ring substituents is 1. The number of ether oxygens (including phenoxy) is 2. The number of carbonyl (C=O) groups excluding carboxylic acids is 1. The first kappa shape index (κ1) is 25.4. The van der Waals surface area contributed by atoms with Gasteiger partial charge in [0.05, 0.1) is 12.0 Å². The smallest absolute Gasteiger partial charge is 0.269 e. The fraction of sp³-hybridized carbons (Fsp3) is 0.172. The fourth-order valence-corrected chi connectivity index (χ4v) is 3.84. The molecule has 1 heterocycles. The third-order valence-corrected chi connectivity index (χ3v) is 5.81. The van der Waals surface area contributed by atoms with E-state index in [2.05, 4.69) is 4.98 Å². The Morgan fingerprint density at radius 1 is 0.919 bits per heavy atom. The molecule has 0 unspecified atom stereocenters. The van der Waals surface area contributed by atoms with Gasteiger partial charge in [-0.25, -0.2) is 0 Å². The predicted octanol–water partition coefficient (Wildman–Crippen LogP) is 5.46. The van der Waals surface area contributed by atoms with Crippen molar-refractivity contribution in [2.45, 2.75) is 19.6 Å². The van der Waals surface area contributed by atoms with Gasteiger partial charge in [-0.2, -0.15) is 0 Å². The van der Waals surface area contributed by atoms with Crippen LogP contribution in [0.15, 0.2) is 97.2 Å². The molecule has 37 heavy (non-hydrogen) atoms. The number of methoxy groups -OCH3 is 1. The molecule has 0 aliphatic carbocycles. The van der Waals surface area contributed by atoms with Crippen LogP contribution in [0.4, 0.5) is 5.69 Å². The highest BCUT2D eigenvalue weighted by molar-refractivity contribution is 5.94. The Morgan fingerprint density at radius 2 is 1.68 bits per heavy atom. The minimum atomic E-state index is -0.485. The zero-order valence-corrected chi connectivity index (χ0v) is 20.4. The molecule has 0 saturated heterocycles. The van der Waals surface area contributed by atoms with E-state index in [1.165, 1.54) is 24.3 Å². The quantitative estimate of drug-likeness (QED) is 0.202. The van der Waals surface area contributed by atoms with E-state index in [-0.39, 0.29) is 11.6 Å². The maximum absolute atomic E-state index is 13.4. The van der Waals surface area contributed by atoms with Crippen molar-refractivity contribution in [3.8, 4) is 11.5 Å². The molecule has 4 rings (SSSR count). The molecule has 0 bridgehead atoms. The monoisotopic (exact) mass is 497 g/mol. The second-order valence-electron chi connectivity index (χ2n) is 8.36. The predicted molar refractivity (Wildman–Crippen MR) is 140 cm³/mol. The lowest BCUT2D eigenvalue weighted by Gasteiger charge is -2.23. The Kier molecular flexibility index (Phi) is 8.44. The van der Waals surface area contributed by atoms with Crippen molar-refractivity contribution >= 4 is 11.6 Å². The summed E-state index contributed by atoms with van der Waals surface area (Å²) in [6.45, 7) is 1.14. The van der Waals surface area contributed by atoms with Crippen LogP contribution in [0.3, 0.4) is 0 Å². The summed E-state index contributed by atoms with van der Waals surface area (Å²) in [4.78, 5) is 30.0. The van der Waals surface area contributed by atoms with Crippen LogP contribution in [0.25, 0.3) is 0 Å². The molecule has 0 aliphatic rings. The van der Waals surface area contributed by atoms with E-state index in [0.717, 1.165) is 16.8 Å². The molecule has 0 fully saturated rings. The zero-order chi connectivity index (χ0) is 26.0. The molecule has 0 N–H and O–H groups in total. The van der Waals surface area contributed by atoms with Crippen molar-refractivity contribution < 1.29 is 19.2 Å². The molecule has 0 aliphatic heterocycles. The van der Waals surface area contributed by atoms with Gasteiger partial charge in [-0.05, 0) is 47.5 Å². The minimum absolute atomic E-state index is 0.0626. The largest absolute Gasteiger partial charge is 0.493 e. The zero-order valence-electron chi connectivity index (χ0n) is 20.4. The highest BCUT2D eigenvalue weighted by atomic mass is 16.6. The Hall–Kier alpha value is -4.72. The van der Waals surface area contributed by atoms with E-state index in [9.17, 15) is 14.9 Å². The van der Waals surface area contributed by atoms with E-state index < -0.39 is 4.92 Å². The number of amides is 1. The highest BCUT2D eigenvalue weighted by Gasteiger charge is 2.19. The van der Waals surface area contributed by atoms with Gasteiger partial charge >= 0.3 is 0 Å². The SMILES string of the molecule is COc1cc(CN(CCc2ccccn2)C(=O)c2ccc([N+](=O)[O-])cc2)ccc1OCc1ccccc1. The van der Waals surface area contributed by atoms with E-state index >= 15 is 0 Å². The summed E-state index contributed by atoms with van der Waals surface area (Å²) in [6, 6.07) is 26.8. The average molecular weight is 498 g/mol. The molecular formula is C29H27N3O5.